The Hall–Kier alpha value is -2.18. The Morgan fingerprint density at radius 3 is 2.75 bits per heavy atom. The lowest BCUT2D eigenvalue weighted by atomic mass is 10.1. The minimum absolute atomic E-state index is 0.0772. The molecule has 0 saturated carbocycles. The Bertz CT molecular complexity index is 989. The lowest BCUT2D eigenvalue weighted by Crippen LogP contribution is -2.28. The Morgan fingerprint density at radius 2 is 2.00 bits per heavy atom. The lowest BCUT2D eigenvalue weighted by molar-refractivity contribution is 0.0793. The Morgan fingerprint density at radius 1 is 1.21 bits per heavy atom. The van der Waals surface area contributed by atoms with Crippen molar-refractivity contribution in [1.82, 2.24) is 13.8 Å². The molecule has 1 aliphatic heterocycles. The van der Waals surface area contributed by atoms with Crippen LogP contribution in [0.25, 0.3) is 15.9 Å². The van der Waals surface area contributed by atoms with Crippen LogP contribution in [0.15, 0.2) is 41.3 Å². The van der Waals surface area contributed by atoms with Gasteiger partial charge in [0.05, 0.1) is 21.7 Å². The molecule has 0 aliphatic carbocycles. The molecule has 7 heteroatoms. The maximum absolute atomic E-state index is 12.7. The van der Waals surface area contributed by atoms with Crippen molar-refractivity contribution in [3.05, 3.63) is 57.5 Å². The van der Waals surface area contributed by atoms with Gasteiger partial charge < -0.3 is 4.90 Å². The van der Waals surface area contributed by atoms with Gasteiger partial charge in [-0.2, -0.15) is 0 Å². The minimum atomic E-state index is -0.134. The molecule has 2 aromatic heterocycles. The molecule has 1 aliphatic rings. The minimum Gasteiger partial charge on any atom is -0.339 e. The van der Waals surface area contributed by atoms with Gasteiger partial charge in [0.25, 0.3) is 11.5 Å². The average Bonchev–Trinajstić information content (AvgIpc) is 3.24. The monoisotopic (exact) mass is 359 g/mol. The van der Waals surface area contributed by atoms with E-state index in [9.17, 15) is 9.59 Å². The summed E-state index contributed by atoms with van der Waals surface area (Å²) in [6, 6.07) is 8.61. The van der Waals surface area contributed by atoms with E-state index >= 15 is 0 Å². The first kappa shape index (κ1) is 15.4. The second-order valence-corrected chi connectivity index (χ2v) is 7.05. The molecule has 1 aromatic carbocycles. The summed E-state index contributed by atoms with van der Waals surface area (Å²) in [5.74, 6) is -0.0772. The van der Waals surface area contributed by atoms with Crippen molar-refractivity contribution in [2.75, 3.05) is 13.1 Å². The quantitative estimate of drug-likeness (QED) is 0.705. The summed E-state index contributed by atoms with van der Waals surface area (Å²) in [6.45, 7) is 1.51. The number of likely N-dealkylation sites (tertiary alicyclic amines) is 1. The fourth-order valence-electron chi connectivity index (χ4n) is 2.93. The van der Waals surface area contributed by atoms with E-state index in [1.165, 1.54) is 11.5 Å². The number of amides is 1. The molecular formula is C17H14ClN3O2S. The van der Waals surface area contributed by atoms with Crippen LogP contribution in [0.3, 0.4) is 0 Å². The molecule has 1 fully saturated rings. The van der Waals surface area contributed by atoms with Crippen molar-refractivity contribution in [1.29, 1.82) is 0 Å². The number of carbonyl (C=O) groups is 1. The largest absolute Gasteiger partial charge is 0.339 e. The van der Waals surface area contributed by atoms with Gasteiger partial charge in [-0.15, -0.1) is 0 Å². The van der Waals surface area contributed by atoms with Gasteiger partial charge in [0.1, 0.15) is 4.83 Å². The molecule has 0 radical (unpaired) electrons. The summed E-state index contributed by atoms with van der Waals surface area (Å²) in [7, 11) is 0. The van der Waals surface area contributed by atoms with Crippen molar-refractivity contribution in [2.24, 2.45) is 0 Å². The first-order chi connectivity index (χ1) is 11.6. The normalized spacial score (nSPS) is 14.5. The van der Waals surface area contributed by atoms with Crippen LogP contribution in [0.4, 0.5) is 0 Å². The molecule has 0 spiro atoms. The van der Waals surface area contributed by atoms with E-state index in [4.69, 9.17) is 11.6 Å². The fraction of sp³-hybridized carbons (Fsp3) is 0.235. The highest BCUT2D eigenvalue weighted by molar-refractivity contribution is 7.13. The highest BCUT2D eigenvalue weighted by Crippen LogP contribution is 2.25. The number of pyridine rings is 1. The third-order valence-corrected chi connectivity index (χ3v) is 5.56. The van der Waals surface area contributed by atoms with Crippen molar-refractivity contribution in [3.63, 3.8) is 0 Å². The van der Waals surface area contributed by atoms with E-state index in [2.05, 4.69) is 4.98 Å². The molecular weight excluding hydrogens is 346 g/mol. The molecule has 4 rings (SSSR count). The number of nitrogens with zero attached hydrogens (tertiary/aromatic N) is 3. The molecule has 3 heterocycles. The lowest BCUT2D eigenvalue weighted by Gasteiger charge is -2.16. The number of hydrogen-bond donors (Lipinski definition) is 0. The van der Waals surface area contributed by atoms with E-state index in [0.29, 0.717) is 26.5 Å². The first-order valence-electron chi connectivity index (χ1n) is 7.71. The van der Waals surface area contributed by atoms with E-state index in [1.807, 2.05) is 0 Å². The van der Waals surface area contributed by atoms with Crippen LogP contribution < -0.4 is 5.56 Å². The van der Waals surface area contributed by atoms with Crippen LogP contribution >= 0.6 is 23.1 Å². The molecule has 1 saturated heterocycles. The molecule has 3 aromatic rings. The second-order valence-electron chi connectivity index (χ2n) is 5.71. The zero-order chi connectivity index (χ0) is 16.7. The third kappa shape index (κ3) is 2.52. The smallest absolute Gasteiger partial charge is 0.274 e. The molecule has 0 atom stereocenters. The van der Waals surface area contributed by atoms with Crippen LogP contribution in [0.2, 0.25) is 5.02 Å². The number of halogens is 1. The summed E-state index contributed by atoms with van der Waals surface area (Å²) < 4.78 is 1.55. The zero-order valence-electron chi connectivity index (χ0n) is 12.7. The average molecular weight is 360 g/mol. The standard InChI is InChI=1S/C17H14ClN3O2S/c18-14-6-5-11(10-13(14)16(22)20-8-1-2-9-20)21-17(23)12-4-3-7-19-15(12)24-21/h3-7,10H,1-2,8-9H2. The van der Waals surface area contributed by atoms with Crippen molar-refractivity contribution < 1.29 is 4.79 Å². The van der Waals surface area contributed by atoms with Gasteiger partial charge in [-0.05, 0) is 54.7 Å². The van der Waals surface area contributed by atoms with E-state index in [1.54, 1.807) is 45.4 Å². The van der Waals surface area contributed by atoms with E-state index in [0.717, 1.165) is 25.9 Å². The molecule has 1 amide bonds. The zero-order valence-corrected chi connectivity index (χ0v) is 14.3. The van der Waals surface area contributed by atoms with Gasteiger partial charge in [0, 0.05) is 19.3 Å². The number of rotatable bonds is 2. The van der Waals surface area contributed by atoms with Gasteiger partial charge in [0.2, 0.25) is 0 Å². The second kappa shape index (κ2) is 6.03. The summed E-state index contributed by atoms with van der Waals surface area (Å²) in [4.78, 5) is 31.9. The molecule has 122 valence electrons. The van der Waals surface area contributed by atoms with Crippen LogP contribution in [0, 0.1) is 0 Å². The van der Waals surface area contributed by atoms with Crippen LogP contribution in [0.1, 0.15) is 23.2 Å². The van der Waals surface area contributed by atoms with Crippen molar-refractivity contribution in [3.8, 4) is 5.69 Å². The molecule has 5 nitrogen and oxygen atoms in total. The molecule has 0 N–H and O–H groups in total. The van der Waals surface area contributed by atoms with Crippen LogP contribution in [0.5, 0.6) is 0 Å². The highest BCUT2D eigenvalue weighted by Gasteiger charge is 2.22. The number of hydrogen-bond acceptors (Lipinski definition) is 4. The van der Waals surface area contributed by atoms with Crippen LogP contribution in [-0.4, -0.2) is 32.8 Å². The van der Waals surface area contributed by atoms with E-state index in [-0.39, 0.29) is 11.5 Å². The molecule has 0 unspecified atom stereocenters. The van der Waals surface area contributed by atoms with Gasteiger partial charge in [-0.3, -0.25) is 9.59 Å². The predicted molar refractivity (Wildman–Crippen MR) is 95.4 cm³/mol. The number of aromatic nitrogens is 2. The van der Waals surface area contributed by atoms with E-state index < -0.39 is 0 Å². The van der Waals surface area contributed by atoms with Gasteiger partial charge in [-0.1, -0.05) is 11.6 Å². The number of fused-ring (bicyclic) bond motifs is 1. The molecule has 24 heavy (non-hydrogen) atoms. The maximum atomic E-state index is 12.7. The van der Waals surface area contributed by atoms with Gasteiger partial charge in [0.15, 0.2) is 0 Å². The Balaban J connectivity index is 1.81. The Kier molecular flexibility index (Phi) is 3.86. The number of carbonyl (C=O) groups excluding carboxylic acids is 1. The summed E-state index contributed by atoms with van der Waals surface area (Å²) in [6.07, 6.45) is 3.70. The first-order valence-corrected chi connectivity index (χ1v) is 8.86. The topological polar surface area (TPSA) is 55.2 Å². The summed E-state index contributed by atoms with van der Waals surface area (Å²) >= 11 is 7.49. The van der Waals surface area contributed by atoms with Crippen molar-refractivity contribution in [2.45, 2.75) is 12.8 Å². The number of benzene rings is 1. The molecule has 0 bridgehead atoms. The van der Waals surface area contributed by atoms with Gasteiger partial charge in [-0.25, -0.2) is 8.94 Å². The van der Waals surface area contributed by atoms with Crippen molar-refractivity contribution >= 4 is 39.3 Å². The predicted octanol–water partition coefficient (Wildman–Crippen LogP) is 3.34. The summed E-state index contributed by atoms with van der Waals surface area (Å²) in [5.41, 5.74) is 0.938. The summed E-state index contributed by atoms with van der Waals surface area (Å²) in [5, 5.41) is 0.979. The maximum Gasteiger partial charge on any atom is 0.274 e. The Labute approximate surface area is 147 Å². The fourth-order valence-corrected chi connectivity index (χ4v) is 4.06. The SMILES string of the molecule is O=C(c1cc(-n2sc3ncccc3c2=O)ccc1Cl)N1CCCC1. The highest BCUT2D eigenvalue weighted by atomic mass is 35.5. The van der Waals surface area contributed by atoms with Gasteiger partial charge >= 0.3 is 0 Å². The van der Waals surface area contributed by atoms with Crippen LogP contribution in [-0.2, 0) is 0 Å². The third-order valence-electron chi connectivity index (χ3n) is 4.17.